The molecule has 0 amide bonds. The Morgan fingerprint density at radius 1 is 1.12 bits per heavy atom. The van der Waals surface area contributed by atoms with Gasteiger partial charge in [0.15, 0.2) is 23.2 Å². The molecule has 4 atom stereocenters. The zero-order chi connectivity index (χ0) is 17.7. The molecule has 25 heavy (non-hydrogen) atoms. The van der Waals surface area contributed by atoms with Crippen molar-refractivity contribution >= 4 is 22.9 Å². The monoisotopic (exact) mass is 350 g/mol. The van der Waals surface area contributed by atoms with Gasteiger partial charge in [0.05, 0.1) is 6.10 Å². The molecule has 0 aromatic carbocycles. The third-order valence-electron chi connectivity index (χ3n) is 4.88. The number of hydrogen-bond donors (Lipinski definition) is 4. The lowest BCUT2D eigenvalue weighted by Gasteiger charge is -2.18. The number of nitrogens with two attached hydrogens (primary N) is 2. The number of ether oxygens (including phenoxy) is 2. The first-order valence-electron chi connectivity index (χ1n) is 8.45. The summed E-state index contributed by atoms with van der Waals surface area (Å²) in [6.45, 7) is 1.67. The van der Waals surface area contributed by atoms with Gasteiger partial charge >= 0.3 is 6.01 Å². The minimum atomic E-state index is -1.16. The second kappa shape index (κ2) is 5.97. The first-order valence-corrected chi connectivity index (χ1v) is 8.45. The number of aliphatic hydroxyl groups is 2. The van der Waals surface area contributed by atoms with E-state index in [0.29, 0.717) is 11.2 Å². The highest BCUT2D eigenvalue weighted by molar-refractivity contribution is 5.84. The summed E-state index contributed by atoms with van der Waals surface area (Å²) >= 11 is 0. The SMILES string of the molecule is C[C@H]1O[C@@H](n2c(N)nc3c(N)nc(OC4CCCC4)nc32)[C@H](O)[C@@H]1O. The number of rotatable bonds is 3. The Morgan fingerprint density at radius 2 is 1.84 bits per heavy atom. The van der Waals surface area contributed by atoms with E-state index >= 15 is 0 Å². The topological polar surface area (TPSA) is 155 Å². The fourth-order valence-corrected chi connectivity index (χ4v) is 3.49. The lowest BCUT2D eigenvalue weighted by molar-refractivity contribution is -0.0286. The molecule has 2 aromatic heterocycles. The van der Waals surface area contributed by atoms with Gasteiger partial charge in [-0.05, 0) is 32.6 Å². The van der Waals surface area contributed by atoms with Crippen LogP contribution in [0.3, 0.4) is 0 Å². The predicted octanol–water partition coefficient (Wildman–Crippen LogP) is -0.0488. The van der Waals surface area contributed by atoms with E-state index in [4.69, 9.17) is 20.9 Å². The van der Waals surface area contributed by atoms with Crippen molar-refractivity contribution < 1.29 is 19.7 Å². The molecule has 136 valence electrons. The molecule has 6 N–H and O–H groups in total. The third-order valence-corrected chi connectivity index (χ3v) is 4.88. The standard InChI is InChI=1S/C15H22N6O4/c1-6-9(22)10(23)13(24-6)21-12-8(18-14(21)17)11(16)19-15(20-12)25-7-4-2-3-5-7/h6-7,9-10,13,22-23H,2-5H2,1H3,(H2,17,18)(H2,16,19,20)/t6-,9-,10-,13-/m1/s1. The fraction of sp³-hybridized carbons (Fsp3) is 0.667. The largest absolute Gasteiger partial charge is 0.460 e. The van der Waals surface area contributed by atoms with Crippen LogP contribution in [0, 0.1) is 0 Å². The van der Waals surface area contributed by atoms with Gasteiger partial charge in [-0.1, -0.05) is 0 Å². The van der Waals surface area contributed by atoms with Gasteiger partial charge < -0.3 is 31.2 Å². The van der Waals surface area contributed by atoms with E-state index in [1.54, 1.807) is 6.92 Å². The van der Waals surface area contributed by atoms with Crippen LogP contribution in [0.5, 0.6) is 6.01 Å². The van der Waals surface area contributed by atoms with E-state index in [2.05, 4.69) is 15.0 Å². The van der Waals surface area contributed by atoms with Gasteiger partial charge in [-0.15, -0.1) is 0 Å². The van der Waals surface area contributed by atoms with Crippen LogP contribution in [0.25, 0.3) is 11.2 Å². The lowest BCUT2D eigenvalue weighted by atomic mass is 10.1. The molecule has 2 fully saturated rings. The van der Waals surface area contributed by atoms with Crippen LogP contribution in [-0.4, -0.2) is 54.1 Å². The highest BCUT2D eigenvalue weighted by atomic mass is 16.6. The maximum atomic E-state index is 10.3. The fourth-order valence-electron chi connectivity index (χ4n) is 3.49. The molecule has 0 bridgehead atoms. The summed E-state index contributed by atoms with van der Waals surface area (Å²) < 4.78 is 12.9. The average Bonchev–Trinajstić information content (AvgIpc) is 3.24. The number of aliphatic hydroxyl groups excluding tert-OH is 2. The van der Waals surface area contributed by atoms with Gasteiger partial charge in [0, 0.05) is 0 Å². The van der Waals surface area contributed by atoms with Crippen molar-refractivity contribution in [2.45, 2.75) is 63.3 Å². The van der Waals surface area contributed by atoms with Crippen molar-refractivity contribution in [1.82, 2.24) is 19.5 Å². The Balaban J connectivity index is 1.76. The second-order valence-electron chi connectivity index (χ2n) is 6.64. The van der Waals surface area contributed by atoms with Crippen LogP contribution in [-0.2, 0) is 4.74 Å². The van der Waals surface area contributed by atoms with Gasteiger partial charge in [-0.3, -0.25) is 4.57 Å². The van der Waals surface area contributed by atoms with Crippen molar-refractivity contribution in [3.05, 3.63) is 0 Å². The van der Waals surface area contributed by atoms with Crippen molar-refractivity contribution in [3.63, 3.8) is 0 Å². The molecule has 2 aliphatic rings. The zero-order valence-corrected chi connectivity index (χ0v) is 13.9. The van der Waals surface area contributed by atoms with E-state index in [9.17, 15) is 10.2 Å². The smallest absolute Gasteiger partial charge is 0.320 e. The van der Waals surface area contributed by atoms with Crippen LogP contribution in [0.15, 0.2) is 0 Å². The number of fused-ring (bicyclic) bond motifs is 1. The molecule has 1 saturated carbocycles. The quantitative estimate of drug-likeness (QED) is 0.596. The predicted molar refractivity (Wildman–Crippen MR) is 88.6 cm³/mol. The van der Waals surface area contributed by atoms with E-state index in [0.717, 1.165) is 25.7 Å². The van der Waals surface area contributed by atoms with Crippen LogP contribution in [0.1, 0.15) is 38.8 Å². The first kappa shape index (κ1) is 16.3. The lowest BCUT2D eigenvalue weighted by Crippen LogP contribution is -2.30. The summed E-state index contributed by atoms with van der Waals surface area (Å²) in [6, 6.07) is 0.152. The molecule has 10 nitrogen and oxygen atoms in total. The van der Waals surface area contributed by atoms with E-state index in [1.807, 2.05) is 0 Å². The molecule has 2 aromatic rings. The van der Waals surface area contributed by atoms with Crippen molar-refractivity contribution in [2.24, 2.45) is 0 Å². The maximum Gasteiger partial charge on any atom is 0.320 e. The van der Waals surface area contributed by atoms with Gasteiger partial charge in [-0.2, -0.15) is 9.97 Å². The van der Waals surface area contributed by atoms with Gasteiger partial charge in [-0.25, -0.2) is 4.98 Å². The molecule has 1 aliphatic carbocycles. The summed E-state index contributed by atoms with van der Waals surface area (Å²) in [6.07, 6.45) is 0.555. The highest BCUT2D eigenvalue weighted by Gasteiger charge is 2.43. The molecule has 1 aliphatic heterocycles. The Bertz CT molecular complexity index is 790. The molecule has 3 heterocycles. The number of imidazole rings is 1. The molecular formula is C15H22N6O4. The number of nitrogens with zero attached hydrogens (tertiary/aromatic N) is 4. The van der Waals surface area contributed by atoms with Crippen LogP contribution >= 0.6 is 0 Å². The highest BCUT2D eigenvalue weighted by Crippen LogP contribution is 2.35. The molecule has 0 radical (unpaired) electrons. The number of anilines is 2. The Hall–Kier alpha value is -2.17. The number of hydrogen-bond acceptors (Lipinski definition) is 9. The Labute approximate surface area is 143 Å². The van der Waals surface area contributed by atoms with E-state index in [1.165, 1.54) is 4.57 Å². The van der Waals surface area contributed by atoms with Crippen molar-refractivity contribution in [1.29, 1.82) is 0 Å². The van der Waals surface area contributed by atoms with Crippen LogP contribution in [0.2, 0.25) is 0 Å². The van der Waals surface area contributed by atoms with Crippen LogP contribution in [0.4, 0.5) is 11.8 Å². The first-order chi connectivity index (χ1) is 12.0. The average molecular weight is 350 g/mol. The van der Waals surface area contributed by atoms with E-state index in [-0.39, 0.29) is 23.9 Å². The van der Waals surface area contributed by atoms with Gasteiger partial charge in [0.2, 0.25) is 5.95 Å². The van der Waals surface area contributed by atoms with Crippen LogP contribution < -0.4 is 16.2 Å². The summed E-state index contributed by atoms with van der Waals surface area (Å²) in [5, 5.41) is 20.2. The summed E-state index contributed by atoms with van der Waals surface area (Å²) in [4.78, 5) is 12.7. The number of nitrogen functional groups attached to an aromatic ring is 2. The molecule has 4 rings (SSSR count). The van der Waals surface area contributed by atoms with Gasteiger partial charge in [0.1, 0.15) is 18.3 Å². The summed E-state index contributed by atoms with van der Waals surface area (Å²) in [5.41, 5.74) is 12.6. The molecule has 0 spiro atoms. The Kier molecular flexibility index (Phi) is 3.89. The zero-order valence-electron chi connectivity index (χ0n) is 13.9. The minimum absolute atomic E-state index is 0.0689. The van der Waals surface area contributed by atoms with Crippen molar-refractivity contribution in [3.8, 4) is 6.01 Å². The number of aromatic nitrogens is 4. The normalized spacial score (nSPS) is 30.4. The summed E-state index contributed by atoms with van der Waals surface area (Å²) in [5.74, 6) is 0.212. The van der Waals surface area contributed by atoms with Gasteiger partial charge in [0.25, 0.3) is 0 Å². The third kappa shape index (κ3) is 2.66. The molecule has 0 unspecified atom stereocenters. The molecule has 10 heteroatoms. The second-order valence-corrected chi connectivity index (χ2v) is 6.64. The minimum Gasteiger partial charge on any atom is -0.460 e. The molecular weight excluding hydrogens is 328 g/mol. The van der Waals surface area contributed by atoms with E-state index < -0.39 is 24.5 Å². The maximum absolute atomic E-state index is 10.3. The molecule has 1 saturated heterocycles. The Morgan fingerprint density at radius 3 is 2.48 bits per heavy atom. The summed E-state index contributed by atoms with van der Waals surface area (Å²) in [7, 11) is 0. The van der Waals surface area contributed by atoms with Crippen molar-refractivity contribution in [2.75, 3.05) is 11.5 Å².